The second-order valence-electron chi connectivity index (χ2n) is 2.85. The monoisotopic (exact) mass is 145 g/mol. The summed E-state index contributed by atoms with van der Waals surface area (Å²) in [5.74, 6) is -0.278. The summed E-state index contributed by atoms with van der Waals surface area (Å²) in [6, 6.07) is 0.183. The van der Waals surface area contributed by atoms with Crippen LogP contribution in [0.4, 0.5) is 0 Å². The van der Waals surface area contributed by atoms with Crippen molar-refractivity contribution in [2.45, 2.75) is 33.7 Å². The molecule has 60 valence electrons. The SMILES string of the molecule is CC(C)NOC(=O)C(C)C. The third-order valence-electron chi connectivity index (χ3n) is 0.867. The van der Waals surface area contributed by atoms with Crippen LogP contribution in [0.15, 0.2) is 0 Å². The minimum atomic E-state index is -0.214. The van der Waals surface area contributed by atoms with Crippen molar-refractivity contribution >= 4 is 5.97 Å². The predicted molar refractivity (Wildman–Crippen MR) is 39.2 cm³/mol. The van der Waals surface area contributed by atoms with Crippen molar-refractivity contribution in [2.75, 3.05) is 0 Å². The lowest BCUT2D eigenvalue weighted by Crippen LogP contribution is -2.28. The van der Waals surface area contributed by atoms with E-state index in [1.807, 2.05) is 13.8 Å². The summed E-state index contributed by atoms with van der Waals surface area (Å²) in [7, 11) is 0. The van der Waals surface area contributed by atoms with Gasteiger partial charge in [0.25, 0.3) is 0 Å². The van der Waals surface area contributed by atoms with Gasteiger partial charge in [0.2, 0.25) is 0 Å². The molecule has 0 aromatic rings. The van der Waals surface area contributed by atoms with Crippen molar-refractivity contribution in [3.8, 4) is 0 Å². The fourth-order valence-electron chi connectivity index (χ4n) is 0.294. The Hall–Kier alpha value is -0.570. The van der Waals surface area contributed by atoms with Crippen molar-refractivity contribution in [1.82, 2.24) is 5.48 Å². The van der Waals surface area contributed by atoms with Crippen LogP contribution < -0.4 is 5.48 Å². The molecule has 0 aliphatic heterocycles. The first-order valence-corrected chi connectivity index (χ1v) is 3.50. The van der Waals surface area contributed by atoms with Crippen LogP contribution in [0.1, 0.15) is 27.7 Å². The van der Waals surface area contributed by atoms with Crippen LogP contribution in [0.2, 0.25) is 0 Å². The van der Waals surface area contributed by atoms with Crippen molar-refractivity contribution in [2.24, 2.45) is 5.92 Å². The zero-order chi connectivity index (χ0) is 8.15. The Morgan fingerprint density at radius 2 is 1.80 bits per heavy atom. The summed E-state index contributed by atoms with van der Waals surface area (Å²) in [4.78, 5) is 15.4. The highest BCUT2D eigenvalue weighted by Crippen LogP contribution is 1.93. The van der Waals surface area contributed by atoms with E-state index in [1.165, 1.54) is 0 Å². The van der Waals surface area contributed by atoms with E-state index in [1.54, 1.807) is 13.8 Å². The molecule has 0 spiro atoms. The van der Waals surface area contributed by atoms with Gasteiger partial charge in [-0.2, -0.15) is 5.48 Å². The Labute approximate surface area is 61.7 Å². The Morgan fingerprint density at radius 3 is 2.10 bits per heavy atom. The number of nitrogens with one attached hydrogen (secondary N) is 1. The summed E-state index contributed by atoms with van der Waals surface area (Å²) in [5, 5.41) is 0. The summed E-state index contributed by atoms with van der Waals surface area (Å²) in [6.07, 6.45) is 0. The van der Waals surface area contributed by atoms with Gasteiger partial charge < -0.3 is 4.84 Å². The molecular formula is C7H15NO2. The highest BCUT2D eigenvalue weighted by molar-refractivity contribution is 5.71. The fraction of sp³-hybridized carbons (Fsp3) is 0.857. The quantitative estimate of drug-likeness (QED) is 0.604. The molecule has 0 aromatic carbocycles. The molecule has 3 heteroatoms. The normalized spacial score (nSPS) is 10.6. The van der Waals surface area contributed by atoms with Gasteiger partial charge >= 0.3 is 5.97 Å². The minimum absolute atomic E-state index is 0.0637. The molecule has 10 heavy (non-hydrogen) atoms. The van der Waals surface area contributed by atoms with Gasteiger partial charge in [-0.05, 0) is 13.8 Å². The van der Waals surface area contributed by atoms with Gasteiger partial charge in [0.15, 0.2) is 0 Å². The molecule has 0 unspecified atom stereocenters. The number of hydrogen-bond donors (Lipinski definition) is 1. The average Bonchev–Trinajstić information content (AvgIpc) is 1.82. The van der Waals surface area contributed by atoms with E-state index in [-0.39, 0.29) is 17.9 Å². The van der Waals surface area contributed by atoms with E-state index in [0.717, 1.165) is 0 Å². The van der Waals surface area contributed by atoms with E-state index >= 15 is 0 Å². The molecule has 0 atom stereocenters. The smallest absolute Gasteiger partial charge is 0.327 e. The van der Waals surface area contributed by atoms with Crippen LogP contribution in [0.5, 0.6) is 0 Å². The third-order valence-corrected chi connectivity index (χ3v) is 0.867. The third kappa shape index (κ3) is 4.32. The Balaban J connectivity index is 3.40. The Morgan fingerprint density at radius 1 is 1.30 bits per heavy atom. The van der Waals surface area contributed by atoms with E-state index in [2.05, 4.69) is 10.3 Å². The van der Waals surface area contributed by atoms with E-state index in [0.29, 0.717) is 0 Å². The van der Waals surface area contributed by atoms with E-state index < -0.39 is 0 Å². The zero-order valence-electron chi connectivity index (χ0n) is 6.97. The van der Waals surface area contributed by atoms with Crippen LogP contribution in [-0.2, 0) is 9.63 Å². The van der Waals surface area contributed by atoms with Gasteiger partial charge in [-0.15, -0.1) is 0 Å². The van der Waals surface area contributed by atoms with Gasteiger partial charge in [0.05, 0.1) is 5.92 Å². The molecule has 0 rings (SSSR count). The van der Waals surface area contributed by atoms with Crippen molar-refractivity contribution in [1.29, 1.82) is 0 Å². The zero-order valence-corrected chi connectivity index (χ0v) is 6.97. The van der Waals surface area contributed by atoms with Crippen molar-refractivity contribution in [3.05, 3.63) is 0 Å². The number of carbonyl (C=O) groups excluding carboxylic acids is 1. The molecule has 0 saturated carbocycles. The maximum Gasteiger partial charge on any atom is 0.327 e. The molecule has 0 amide bonds. The van der Waals surface area contributed by atoms with Crippen LogP contribution >= 0.6 is 0 Å². The lowest BCUT2D eigenvalue weighted by molar-refractivity contribution is -0.156. The first kappa shape index (κ1) is 9.43. The molecule has 0 heterocycles. The predicted octanol–water partition coefficient (Wildman–Crippen LogP) is 1.10. The number of rotatable bonds is 3. The van der Waals surface area contributed by atoms with Crippen molar-refractivity contribution in [3.63, 3.8) is 0 Å². The average molecular weight is 145 g/mol. The standard InChI is InChI=1S/C7H15NO2/c1-5(2)7(9)10-8-6(3)4/h5-6,8H,1-4H3. The highest BCUT2D eigenvalue weighted by Gasteiger charge is 2.08. The molecule has 0 aliphatic carbocycles. The van der Waals surface area contributed by atoms with Gasteiger partial charge in [-0.3, -0.25) is 4.79 Å². The summed E-state index contributed by atoms with van der Waals surface area (Å²) >= 11 is 0. The molecule has 0 aromatic heterocycles. The van der Waals surface area contributed by atoms with Crippen LogP contribution in [0.3, 0.4) is 0 Å². The van der Waals surface area contributed by atoms with Crippen LogP contribution in [0.25, 0.3) is 0 Å². The first-order chi connectivity index (χ1) is 4.54. The topological polar surface area (TPSA) is 38.3 Å². The molecule has 0 radical (unpaired) electrons. The molecular weight excluding hydrogens is 130 g/mol. The van der Waals surface area contributed by atoms with E-state index in [4.69, 9.17) is 0 Å². The molecule has 0 bridgehead atoms. The highest BCUT2D eigenvalue weighted by atomic mass is 16.7. The maximum absolute atomic E-state index is 10.8. The summed E-state index contributed by atoms with van der Waals surface area (Å²) in [5.41, 5.74) is 2.58. The summed E-state index contributed by atoms with van der Waals surface area (Å²) < 4.78 is 0. The fourth-order valence-corrected chi connectivity index (χ4v) is 0.294. The second-order valence-corrected chi connectivity index (χ2v) is 2.85. The molecule has 0 fully saturated rings. The van der Waals surface area contributed by atoms with E-state index in [9.17, 15) is 4.79 Å². The number of carbonyl (C=O) groups is 1. The lowest BCUT2D eigenvalue weighted by Gasteiger charge is -2.09. The van der Waals surface area contributed by atoms with Gasteiger partial charge in [-0.1, -0.05) is 13.8 Å². The number of hydroxylamine groups is 1. The second kappa shape index (κ2) is 4.28. The Kier molecular flexibility index (Phi) is 4.03. The molecule has 1 N–H and O–H groups in total. The largest absolute Gasteiger partial charge is 0.370 e. The van der Waals surface area contributed by atoms with Crippen LogP contribution in [0, 0.1) is 5.92 Å². The number of hydrogen-bond acceptors (Lipinski definition) is 3. The molecule has 0 aliphatic rings. The van der Waals surface area contributed by atoms with Gasteiger partial charge in [0.1, 0.15) is 0 Å². The minimum Gasteiger partial charge on any atom is -0.370 e. The lowest BCUT2D eigenvalue weighted by atomic mass is 10.2. The maximum atomic E-state index is 10.8. The summed E-state index contributed by atoms with van der Waals surface area (Å²) in [6.45, 7) is 7.41. The van der Waals surface area contributed by atoms with Crippen molar-refractivity contribution < 1.29 is 9.63 Å². The first-order valence-electron chi connectivity index (χ1n) is 3.50. The van der Waals surface area contributed by atoms with Crippen LogP contribution in [-0.4, -0.2) is 12.0 Å². The molecule has 3 nitrogen and oxygen atoms in total. The van der Waals surface area contributed by atoms with Gasteiger partial charge in [-0.25, -0.2) is 0 Å². The molecule has 0 saturated heterocycles. The van der Waals surface area contributed by atoms with Gasteiger partial charge in [0, 0.05) is 6.04 Å². The Bertz CT molecular complexity index is 110.